The van der Waals surface area contributed by atoms with Crippen molar-refractivity contribution in [2.24, 2.45) is 11.7 Å². The van der Waals surface area contributed by atoms with Crippen LogP contribution in [-0.2, 0) is 4.79 Å². The molecule has 0 aliphatic heterocycles. The van der Waals surface area contributed by atoms with Crippen LogP contribution >= 0.6 is 23.2 Å². The van der Waals surface area contributed by atoms with Crippen molar-refractivity contribution in [2.45, 2.75) is 69.4 Å². The number of rotatable bonds is 6. The SMILES string of the molecule is N#Cc1ccc(Nc2nc3cnc(NC4CCC(F)(F)CC4)nc3n2[C@H]2CC[C@H](C(N)=O)CC2)c(Cl)c1Cl. The summed E-state index contributed by atoms with van der Waals surface area (Å²) in [5.74, 6) is -2.31. The lowest BCUT2D eigenvalue weighted by Crippen LogP contribution is -2.32. The van der Waals surface area contributed by atoms with Gasteiger partial charge in [0, 0.05) is 30.8 Å². The molecule has 2 aliphatic carbocycles. The number of imidazole rings is 1. The average Bonchev–Trinajstić information content (AvgIpc) is 3.25. The van der Waals surface area contributed by atoms with Gasteiger partial charge in [0.05, 0.1) is 27.5 Å². The standard InChI is InChI=1S/C25H26Cl2F2N8O/c26-19-14(11-30)3-6-17(20(19)27)34-24-35-18-12-32-23(33-15-7-9-25(28,29)10-8-15)36-22(18)37(24)16-4-1-13(2-5-16)21(31)38/h3,6,12-13,15-16H,1-2,4-5,7-10H2,(H2,31,38)(H,34,35)(H,32,33,36)/t13-,16-. The Bertz CT molecular complexity index is 1400. The zero-order valence-electron chi connectivity index (χ0n) is 20.4. The summed E-state index contributed by atoms with van der Waals surface area (Å²) in [6, 6.07) is 5.03. The summed E-state index contributed by atoms with van der Waals surface area (Å²) in [6.07, 6.45) is 4.54. The van der Waals surface area contributed by atoms with Crippen LogP contribution in [0.25, 0.3) is 11.2 Å². The minimum Gasteiger partial charge on any atom is -0.369 e. The number of nitrogens with one attached hydrogen (secondary N) is 2. The van der Waals surface area contributed by atoms with Gasteiger partial charge >= 0.3 is 0 Å². The highest BCUT2D eigenvalue weighted by atomic mass is 35.5. The number of fused-ring (bicyclic) bond motifs is 1. The van der Waals surface area contributed by atoms with Crippen molar-refractivity contribution in [3.63, 3.8) is 0 Å². The highest BCUT2D eigenvalue weighted by molar-refractivity contribution is 6.44. The number of hydrogen-bond donors (Lipinski definition) is 3. The van der Waals surface area contributed by atoms with Gasteiger partial charge in [-0.1, -0.05) is 23.2 Å². The monoisotopic (exact) mass is 562 g/mol. The third-order valence-electron chi connectivity index (χ3n) is 7.40. The second kappa shape index (κ2) is 10.5. The van der Waals surface area contributed by atoms with E-state index < -0.39 is 5.92 Å². The number of benzene rings is 1. The van der Waals surface area contributed by atoms with Crippen LogP contribution in [0.1, 0.15) is 63.0 Å². The first-order valence-corrected chi connectivity index (χ1v) is 13.2. The number of hydrogen-bond acceptors (Lipinski definition) is 7. The molecule has 5 rings (SSSR count). The van der Waals surface area contributed by atoms with Gasteiger partial charge in [-0.15, -0.1) is 0 Å². The number of nitrogens with two attached hydrogens (primary N) is 1. The molecule has 2 heterocycles. The number of nitriles is 1. The van der Waals surface area contributed by atoms with Gasteiger partial charge in [-0.25, -0.2) is 18.7 Å². The normalized spacial score (nSPS) is 21.7. The Morgan fingerprint density at radius 2 is 1.82 bits per heavy atom. The van der Waals surface area contributed by atoms with E-state index in [1.807, 2.05) is 10.6 Å². The predicted octanol–water partition coefficient (Wildman–Crippen LogP) is 5.95. The molecule has 3 aromatic rings. The maximum absolute atomic E-state index is 13.6. The van der Waals surface area contributed by atoms with E-state index in [4.69, 9.17) is 38.9 Å². The highest BCUT2D eigenvalue weighted by Crippen LogP contribution is 2.39. The molecular weight excluding hydrogens is 537 g/mol. The number of halogens is 4. The summed E-state index contributed by atoms with van der Waals surface area (Å²) in [6.45, 7) is 0. The van der Waals surface area contributed by atoms with E-state index in [1.165, 1.54) is 0 Å². The molecular formula is C25H26Cl2F2N8O. The number of anilines is 3. The molecule has 1 amide bonds. The fraction of sp³-hybridized carbons (Fsp3) is 0.480. The fourth-order valence-electron chi connectivity index (χ4n) is 5.23. The maximum atomic E-state index is 13.6. The smallest absolute Gasteiger partial charge is 0.248 e. The van der Waals surface area contributed by atoms with E-state index in [9.17, 15) is 18.8 Å². The zero-order valence-corrected chi connectivity index (χ0v) is 21.9. The first kappa shape index (κ1) is 26.4. The van der Waals surface area contributed by atoms with Crippen LogP contribution in [-0.4, -0.2) is 37.4 Å². The topological polar surface area (TPSA) is 135 Å². The summed E-state index contributed by atoms with van der Waals surface area (Å²) >= 11 is 12.7. The Morgan fingerprint density at radius 1 is 1.11 bits per heavy atom. The third-order valence-corrected chi connectivity index (χ3v) is 8.28. The van der Waals surface area contributed by atoms with Crippen molar-refractivity contribution in [1.82, 2.24) is 19.5 Å². The molecule has 0 radical (unpaired) electrons. The van der Waals surface area contributed by atoms with E-state index in [-0.39, 0.29) is 52.4 Å². The van der Waals surface area contributed by atoms with E-state index in [0.29, 0.717) is 67.3 Å². The lowest BCUT2D eigenvalue weighted by Gasteiger charge is -2.29. The number of carbonyl (C=O) groups excluding carboxylic acids is 1. The fourth-order valence-corrected chi connectivity index (χ4v) is 5.65. The number of alkyl halides is 2. The maximum Gasteiger partial charge on any atom is 0.248 e. The molecule has 2 fully saturated rings. The summed E-state index contributed by atoms with van der Waals surface area (Å²) in [5.41, 5.74) is 7.34. The highest BCUT2D eigenvalue weighted by Gasteiger charge is 2.35. The zero-order chi connectivity index (χ0) is 27.0. The summed E-state index contributed by atoms with van der Waals surface area (Å²) < 4.78 is 29.2. The Morgan fingerprint density at radius 3 is 2.47 bits per heavy atom. The molecule has 2 saturated carbocycles. The number of primary amides is 1. The summed E-state index contributed by atoms with van der Waals surface area (Å²) in [5, 5.41) is 16.0. The number of nitrogens with zero attached hydrogens (tertiary/aromatic N) is 5. The van der Waals surface area contributed by atoms with Gasteiger partial charge in [0.1, 0.15) is 11.6 Å². The lowest BCUT2D eigenvalue weighted by molar-refractivity contribution is -0.122. The molecule has 4 N–H and O–H groups in total. The lowest BCUT2D eigenvalue weighted by atomic mass is 9.85. The molecule has 0 atom stereocenters. The van der Waals surface area contributed by atoms with Gasteiger partial charge in [0.15, 0.2) is 5.65 Å². The molecule has 0 unspecified atom stereocenters. The average molecular weight is 563 g/mol. The van der Waals surface area contributed by atoms with E-state index >= 15 is 0 Å². The van der Waals surface area contributed by atoms with Crippen LogP contribution in [0.15, 0.2) is 18.3 Å². The number of carbonyl (C=O) groups is 1. The van der Waals surface area contributed by atoms with Crippen LogP contribution in [0, 0.1) is 17.2 Å². The minimum atomic E-state index is -2.62. The first-order valence-electron chi connectivity index (χ1n) is 12.5. The molecule has 0 spiro atoms. The van der Waals surface area contributed by atoms with Crippen molar-refractivity contribution in [3.8, 4) is 6.07 Å². The van der Waals surface area contributed by atoms with Crippen molar-refractivity contribution in [1.29, 1.82) is 5.26 Å². The van der Waals surface area contributed by atoms with Crippen LogP contribution in [0.4, 0.5) is 26.4 Å². The van der Waals surface area contributed by atoms with Crippen molar-refractivity contribution in [3.05, 3.63) is 33.9 Å². The number of aromatic nitrogens is 4. The van der Waals surface area contributed by atoms with Crippen LogP contribution in [0.3, 0.4) is 0 Å². The second-order valence-electron chi connectivity index (χ2n) is 9.92. The molecule has 2 aliphatic rings. The van der Waals surface area contributed by atoms with E-state index in [0.717, 1.165) is 0 Å². The molecule has 200 valence electrons. The Kier molecular flexibility index (Phi) is 7.29. The van der Waals surface area contributed by atoms with Crippen LogP contribution in [0.5, 0.6) is 0 Å². The van der Waals surface area contributed by atoms with Crippen LogP contribution < -0.4 is 16.4 Å². The summed E-state index contributed by atoms with van der Waals surface area (Å²) in [4.78, 5) is 25.5. The Balaban J connectivity index is 1.49. The molecule has 2 aromatic heterocycles. The number of amides is 1. The Labute approximate surface area is 227 Å². The van der Waals surface area contributed by atoms with E-state index in [2.05, 4.69) is 15.6 Å². The molecule has 0 saturated heterocycles. The van der Waals surface area contributed by atoms with Gasteiger partial charge in [-0.05, 0) is 50.7 Å². The van der Waals surface area contributed by atoms with Crippen molar-refractivity contribution < 1.29 is 13.6 Å². The van der Waals surface area contributed by atoms with Gasteiger partial charge in [0.25, 0.3) is 0 Å². The minimum absolute atomic E-state index is 0.0400. The van der Waals surface area contributed by atoms with Gasteiger partial charge in [-0.3, -0.25) is 9.36 Å². The molecule has 0 bridgehead atoms. The third kappa shape index (κ3) is 5.33. The second-order valence-corrected chi connectivity index (χ2v) is 10.7. The molecule has 9 nitrogen and oxygen atoms in total. The summed E-state index contributed by atoms with van der Waals surface area (Å²) in [7, 11) is 0. The quantitative estimate of drug-likeness (QED) is 0.337. The molecule has 1 aromatic carbocycles. The van der Waals surface area contributed by atoms with Crippen molar-refractivity contribution in [2.75, 3.05) is 10.6 Å². The van der Waals surface area contributed by atoms with Crippen molar-refractivity contribution >= 4 is 57.9 Å². The van der Waals surface area contributed by atoms with E-state index in [1.54, 1.807) is 18.3 Å². The predicted molar refractivity (Wildman–Crippen MR) is 141 cm³/mol. The van der Waals surface area contributed by atoms with Gasteiger partial charge < -0.3 is 16.4 Å². The van der Waals surface area contributed by atoms with Gasteiger partial charge in [-0.2, -0.15) is 10.2 Å². The van der Waals surface area contributed by atoms with Gasteiger partial charge in [0.2, 0.25) is 23.7 Å². The Hall–Kier alpha value is -3.23. The molecule has 13 heteroatoms. The largest absolute Gasteiger partial charge is 0.369 e. The van der Waals surface area contributed by atoms with Crippen LogP contribution in [0.2, 0.25) is 10.0 Å². The molecule has 38 heavy (non-hydrogen) atoms. The first-order chi connectivity index (χ1) is 18.1.